The minimum absolute atomic E-state index is 0.0772. The second-order valence-corrected chi connectivity index (χ2v) is 5.52. The molecule has 0 aromatic heterocycles. The van der Waals surface area contributed by atoms with Gasteiger partial charge in [-0.15, -0.1) is 0 Å². The van der Waals surface area contributed by atoms with Gasteiger partial charge in [0.1, 0.15) is 6.61 Å². The number of hydrogen-bond donors (Lipinski definition) is 1. The summed E-state index contributed by atoms with van der Waals surface area (Å²) in [5.74, 6) is -1.48. The quantitative estimate of drug-likeness (QED) is 0.824. The first-order valence-corrected chi connectivity index (χ1v) is 5.89. The van der Waals surface area contributed by atoms with Crippen LogP contribution in [-0.2, 0) is 14.3 Å². The van der Waals surface area contributed by atoms with Crippen LogP contribution in [0.15, 0.2) is 0 Å². The van der Waals surface area contributed by atoms with E-state index in [2.05, 4.69) is 0 Å². The van der Waals surface area contributed by atoms with Gasteiger partial charge >= 0.3 is 12.1 Å². The Morgan fingerprint density at radius 1 is 1.50 bits per heavy atom. The Morgan fingerprint density at radius 3 is 2.50 bits per heavy atom. The Kier molecular flexibility index (Phi) is 3.98. The minimum atomic E-state index is -1.19. The van der Waals surface area contributed by atoms with Gasteiger partial charge < -0.3 is 9.84 Å². The van der Waals surface area contributed by atoms with Gasteiger partial charge in [-0.1, -0.05) is 13.8 Å². The Morgan fingerprint density at radius 2 is 2.06 bits per heavy atom. The predicted molar refractivity (Wildman–Crippen MR) is 62.9 cm³/mol. The van der Waals surface area contributed by atoms with Crippen LogP contribution in [0.4, 0.5) is 4.79 Å². The third kappa shape index (κ3) is 2.80. The van der Waals surface area contributed by atoms with Crippen molar-refractivity contribution < 1.29 is 24.2 Å². The molecule has 1 atom stereocenters. The van der Waals surface area contributed by atoms with Crippen LogP contribution in [0.1, 0.15) is 34.1 Å². The lowest BCUT2D eigenvalue weighted by atomic mass is 9.88. The normalized spacial score (nSPS) is 20.2. The molecule has 0 radical (unpaired) electrons. The van der Waals surface area contributed by atoms with Gasteiger partial charge in [0.2, 0.25) is 5.91 Å². The molecule has 2 amide bonds. The molecule has 1 saturated heterocycles. The zero-order valence-electron chi connectivity index (χ0n) is 11.1. The molecular weight excluding hydrogens is 238 g/mol. The number of amides is 2. The summed E-state index contributed by atoms with van der Waals surface area (Å²) in [6.45, 7) is 6.86. The Bertz CT molecular complexity index is 375. The van der Waals surface area contributed by atoms with Crippen LogP contribution < -0.4 is 0 Å². The van der Waals surface area contributed by atoms with E-state index < -0.39 is 23.4 Å². The smallest absolute Gasteiger partial charge is 0.416 e. The van der Waals surface area contributed by atoms with E-state index in [1.54, 1.807) is 0 Å². The number of nitrogens with zero attached hydrogens (tertiary/aromatic N) is 1. The molecule has 1 N–H and O–H groups in total. The van der Waals surface area contributed by atoms with Crippen molar-refractivity contribution in [3.63, 3.8) is 0 Å². The third-order valence-corrected chi connectivity index (χ3v) is 3.12. The maximum Gasteiger partial charge on any atom is 0.416 e. The molecule has 0 saturated carbocycles. The van der Waals surface area contributed by atoms with E-state index >= 15 is 0 Å². The molecule has 1 aliphatic rings. The van der Waals surface area contributed by atoms with E-state index in [0.29, 0.717) is 0 Å². The summed E-state index contributed by atoms with van der Waals surface area (Å²) < 4.78 is 4.85. The van der Waals surface area contributed by atoms with Crippen LogP contribution in [0.3, 0.4) is 0 Å². The lowest BCUT2D eigenvalue weighted by Gasteiger charge is -2.26. The first-order chi connectivity index (χ1) is 8.16. The Balaban J connectivity index is 2.82. The van der Waals surface area contributed by atoms with Crippen LogP contribution in [0.25, 0.3) is 0 Å². The fraction of sp³-hybridized carbons (Fsp3) is 0.750. The zero-order valence-corrected chi connectivity index (χ0v) is 11.1. The molecular formula is C12H19NO5. The number of carbonyl (C=O) groups excluding carboxylic acids is 2. The molecule has 0 aromatic rings. The average molecular weight is 257 g/mol. The van der Waals surface area contributed by atoms with E-state index in [1.807, 2.05) is 13.8 Å². The number of rotatable bonds is 4. The lowest BCUT2D eigenvalue weighted by molar-refractivity contribution is -0.151. The molecule has 0 aromatic carbocycles. The second kappa shape index (κ2) is 4.96. The van der Waals surface area contributed by atoms with Gasteiger partial charge in [-0.25, -0.2) is 9.69 Å². The first-order valence-electron chi connectivity index (χ1n) is 5.89. The number of carboxylic acids is 1. The van der Waals surface area contributed by atoms with Gasteiger partial charge in [0.15, 0.2) is 0 Å². The van der Waals surface area contributed by atoms with Gasteiger partial charge in [-0.2, -0.15) is 0 Å². The topological polar surface area (TPSA) is 83.9 Å². The standard InChI is InChI=1S/C12H19NO5/c1-7(2)8-6-18-11(17)13(8)9(14)5-12(3,4)10(15)16/h7-8H,5-6H2,1-4H3,(H,15,16). The fourth-order valence-corrected chi connectivity index (χ4v) is 1.75. The summed E-state index contributed by atoms with van der Waals surface area (Å²) in [5.41, 5.74) is -1.19. The number of carbonyl (C=O) groups is 3. The summed E-state index contributed by atoms with van der Waals surface area (Å²) in [6, 6.07) is -0.311. The highest BCUT2D eigenvalue weighted by Crippen LogP contribution is 2.26. The molecule has 0 spiro atoms. The number of hydrogen-bond acceptors (Lipinski definition) is 4. The highest BCUT2D eigenvalue weighted by atomic mass is 16.6. The molecule has 6 heteroatoms. The van der Waals surface area contributed by atoms with Crippen molar-refractivity contribution in [1.82, 2.24) is 4.90 Å². The maximum atomic E-state index is 12.1. The van der Waals surface area contributed by atoms with Crippen molar-refractivity contribution in [3.05, 3.63) is 0 Å². The van der Waals surface area contributed by atoms with E-state index in [4.69, 9.17) is 9.84 Å². The van der Waals surface area contributed by atoms with Crippen molar-refractivity contribution in [1.29, 1.82) is 0 Å². The van der Waals surface area contributed by atoms with Gasteiger partial charge in [-0.3, -0.25) is 9.59 Å². The number of aliphatic carboxylic acids is 1. The SMILES string of the molecule is CC(C)C1COC(=O)N1C(=O)CC(C)(C)C(=O)O. The van der Waals surface area contributed by atoms with E-state index in [0.717, 1.165) is 4.90 Å². The molecule has 102 valence electrons. The summed E-state index contributed by atoms with van der Waals surface area (Å²) in [6.07, 6.45) is -0.902. The number of carboxylic acid groups (broad SMARTS) is 1. The van der Waals surface area contributed by atoms with Gasteiger partial charge in [0.25, 0.3) is 0 Å². The zero-order chi connectivity index (χ0) is 14.1. The highest BCUT2D eigenvalue weighted by Gasteiger charge is 2.42. The van der Waals surface area contributed by atoms with Crippen LogP contribution in [0.2, 0.25) is 0 Å². The fourth-order valence-electron chi connectivity index (χ4n) is 1.75. The molecule has 0 bridgehead atoms. The molecule has 0 aliphatic carbocycles. The Labute approximate surface area is 106 Å². The van der Waals surface area contributed by atoms with Crippen molar-refractivity contribution in [2.75, 3.05) is 6.61 Å². The molecule has 6 nitrogen and oxygen atoms in total. The van der Waals surface area contributed by atoms with E-state index in [9.17, 15) is 14.4 Å². The Hall–Kier alpha value is -1.59. The third-order valence-electron chi connectivity index (χ3n) is 3.12. The second-order valence-electron chi connectivity index (χ2n) is 5.52. The van der Waals surface area contributed by atoms with Gasteiger partial charge in [0.05, 0.1) is 11.5 Å². The van der Waals surface area contributed by atoms with Gasteiger partial charge in [0, 0.05) is 6.42 Å². The molecule has 1 aliphatic heterocycles. The van der Waals surface area contributed by atoms with Gasteiger partial charge in [-0.05, 0) is 19.8 Å². The van der Waals surface area contributed by atoms with E-state index in [1.165, 1.54) is 13.8 Å². The van der Waals surface area contributed by atoms with Crippen LogP contribution in [0.5, 0.6) is 0 Å². The first kappa shape index (κ1) is 14.5. The van der Waals surface area contributed by atoms with Crippen molar-refractivity contribution in [3.8, 4) is 0 Å². The largest absolute Gasteiger partial charge is 0.481 e. The summed E-state index contributed by atoms with van der Waals surface area (Å²) in [5, 5.41) is 8.99. The van der Waals surface area contributed by atoms with E-state index in [-0.39, 0.29) is 25.0 Å². The van der Waals surface area contributed by atoms with Crippen molar-refractivity contribution in [2.24, 2.45) is 11.3 Å². The summed E-state index contributed by atoms with van der Waals surface area (Å²) in [7, 11) is 0. The molecule has 18 heavy (non-hydrogen) atoms. The van der Waals surface area contributed by atoms with Crippen LogP contribution in [0, 0.1) is 11.3 Å². The maximum absolute atomic E-state index is 12.1. The average Bonchev–Trinajstić information content (AvgIpc) is 2.59. The lowest BCUT2D eigenvalue weighted by Crippen LogP contribution is -2.44. The summed E-state index contributed by atoms with van der Waals surface area (Å²) in [4.78, 5) is 35.6. The number of imide groups is 1. The molecule has 1 rings (SSSR count). The van der Waals surface area contributed by atoms with Crippen molar-refractivity contribution in [2.45, 2.75) is 40.2 Å². The number of cyclic esters (lactones) is 1. The molecule has 1 heterocycles. The molecule has 1 unspecified atom stereocenters. The van der Waals surface area contributed by atoms with Crippen LogP contribution in [-0.4, -0.2) is 40.6 Å². The summed E-state index contributed by atoms with van der Waals surface area (Å²) >= 11 is 0. The molecule has 1 fully saturated rings. The number of ether oxygens (including phenoxy) is 1. The van der Waals surface area contributed by atoms with Crippen molar-refractivity contribution >= 4 is 18.0 Å². The predicted octanol–water partition coefficient (Wildman–Crippen LogP) is 1.49. The monoisotopic (exact) mass is 257 g/mol. The minimum Gasteiger partial charge on any atom is -0.481 e. The van der Waals surface area contributed by atoms with Crippen LogP contribution >= 0.6 is 0 Å². The highest BCUT2D eigenvalue weighted by molar-refractivity contribution is 5.95.